The van der Waals surface area contributed by atoms with Crippen LogP contribution in [0, 0.1) is 0 Å². The Balaban J connectivity index is 2.63. The first-order valence-corrected chi connectivity index (χ1v) is 5.79. The Labute approximate surface area is 89.8 Å². The molecule has 0 fully saturated rings. The number of aryl methyl sites for hydroxylation is 1. The molecule has 0 saturated carbocycles. The molecule has 1 rings (SSSR count). The molecule has 1 aromatic heterocycles. The van der Waals surface area contributed by atoms with E-state index >= 15 is 0 Å². The molecule has 0 aliphatic rings. The largest absolute Gasteiger partial charge is 0.271 e. The van der Waals surface area contributed by atoms with Crippen LogP contribution in [-0.4, -0.2) is 0 Å². The molecule has 2 nitrogen and oxygen atoms in total. The van der Waals surface area contributed by atoms with Crippen LogP contribution in [0.1, 0.15) is 35.6 Å². The lowest BCUT2D eigenvalue weighted by Crippen LogP contribution is -2.27. The highest BCUT2D eigenvalue weighted by Gasteiger charge is 2.10. The summed E-state index contributed by atoms with van der Waals surface area (Å²) >= 11 is 1.84. The summed E-state index contributed by atoms with van der Waals surface area (Å²) in [5.74, 6) is 5.52. The highest BCUT2D eigenvalue weighted by Crippen LogP contribution is 2.26. The van der Waals surface area contributed by atoms with Gasteiger partial charge in [0.25, 0.3) is 0 Å². The number of rotatable bonds is 6. The van der Waals surface area contributed by atoms with Crippen LogP contribution in [0.4, 0.5) is 0 Å². The summed E-state index contributed by atoms with van der Waals surface area (Å²) < 4.78 is 0. The second kappa shape index (κ2) is 5.96. The summed E-state index contributed by atoms with van der Waals surface area (Å²) in [6.07, 6.45) is 5.04. The van der Waals surface area contributed by atoms with Gasteiger partial charge in [-0.05, 0) is 31.4 Å². The van der Waals surface area contributed by atoms with Gasteiger partial charge < -0.3 is 0 Å². The van der Waals surface area contributed by atoms with Gasteiger partial charge in [-0.3, -0.25) is 11.3 Å². The molecule has 0 aromatic carbocycles. The lowest BCUT2D eigenvalue weighted by Gasteiger charge is -2.12. The van der Waals surface area contributed by atoms with E-state index in [1.165, 1.54) is 9.75 Å². The minimum absolute atomic E-state index is 0.276. The van der Waals surface area contributed by atoms with E-state index in [4.69, 9.17) is 5.84 Å². The predicted octanol–water partition coefficient (Wildman–Crippen LogP) is 2.78. The molecule has 0 amide bonds. The first kappa shape index (κ1) is 11.4. The van der Waals surface area contributed by atoms with Crippen LogP contribution in [0.5, 0.6) is 0 Å². The highest BCUT2D eigenvalue weighted by atomic mass is 32.1. The zero-order valence-electron chi connectivity index (χ0n) is 8.62. The third-order valence-corrected chi connectivity index (χ3v) is 3.58. The second-order valence-electron chi connectivity index (χ2n) is 3.24. The third kappa shape index (κ3) is 2.94. The molecule has 0 aliphatic heterocycles. The Morgan fingerprint density at radius 1 is 1.64 bits per heavy atom. The monoisotopic (exact) mass is 210 g/mol. The van der Waals surface area contributed by atoms with Gasteiger partial charge in [0, 0.05) is 9.75 Å². The number of hydrazine groups is 1. The molecule has 3 heteroatoms. The van der Waals surface area contributed by atoms with Crippen molar-refractivity contribution in [3.05, 3.63) is 34.5 Å². The van der Waals surface area contributed by atoms with E-state index in [2.05, 4.69) is 31.1 Å². The van der Waals surface area contributed by atoms with Gasteiger partial charge in [-0.25, -0.2) is 0 Å². The Bertz CT molecular complexity index is 281. The van der Waals surface area contributed by atoms with E-state index in [9.17, 15) is 0 Å². The van der Waals surface area contributed by atoms with Crippen LogP contribution in [0.3, 0.4) is 0 Å². The molecule has 0 aliphatic carbocycles. The van der Waals surface area contributed by atoms with Gasteiger partial charge in [0.1, 0.15) is 0 Å². The fourth-order valence-corrected chi connectivity index (χ4v) is 2.41. The van der Waals surface area contributed by atoms with Gasteiger partial charge in [0.05, 0.1) is 6.04 Å². The quantitative estimate of drug-likeness (QED) is 0.430. The second-order valence-corrected chi connectivity index (χ2v) is 4.44. The molecule has 0 saturated heterocycles. The summed E-state index contributed by atoms with van der Waals surface area (Å²) in [6.45, 7) is 5.89. The Morgan fingerprint density at radius 2 is 2.43 bits per heavy atom. The SMILES string of the molecule is C=CCCC(NN)c1ccc(CC)s1. The van der Waals surface area contributed by atoms with E-state index < -0.39 is 0 Å². The molecule has 0 radical (unpaired) electrons. The first-order valence-electron chi connectivity index (χ1n) is 4.97. The molecule has 78 valence electrons. The van der Waals surface area contributed by atoms with Crippen molar-refractivity contribution in [2.75, 3.05) is 0 Å². The minimum atomic E-state index is 0.276. The standard InChI is InChI=1S/C11H18N2S/c1-3-5-6-10(13-12)11-8-7-9(4-2)14-11/h3,7-8,10,13H,1,4-6,12H2,2H3. The number of hydrogen-bond acceptors (Lipinski definition) is 3. The van der Waals surface area contributed by atoms with Crippen molar-refractivity contribution in [1.82, 2.24) is 5.43 Å². The third-order valence-electron chi connectivity index (χ3n) is 2.23. The topological polar surface area (TPSA) is 38.0 Å². The average molecular weight is 210 g/mol. The van der Waals surface area contributed by atoms with Gasteiger partial charge in [-0.1, -0.05) is 13.0 Å². The molecule has 0 bridgehead atoms. The predicted molar refractivity (Wildman–Crippen MR) is 63.2 cm³/mol. The summed E-state index contributed by atoms with van der Waals surface area (Å²) in [6, 6.07) is 4.62. The Hall–Kier alpha value is -0.640. The minimum Gasteiger partial charge on any atom is -0.271 e. The maximum absolute atomic E-state index is 5.52. The van der Waals surface area contributed by atoms with E-state index in [0.717, 1.165) is 19.3 Å². The van der Waals surface area contributed by atoms with E-state index in [1.54, 1.807) is 0 Å². The number of thiophene rings is 1. The molecular formula is C11H18N2S. The van der Waals surface area contributed by atoms with Crippen molar-refractivity contribution >= 4 is 11.3 Å². The van der Waals surface area contributed by atoms with Crippen molar-refractivity contribution in [3.8, 4) is 0 Å². The number of nitrogens with two attached hydrogens (primary N) is 1. The Kier molecular flexibility index (Phi) is 4.87. The number of allylic oxidation sites excluding steroid dienone is 1. The van der Waals surface area contributed by atoms with Crippen LogP contribution in [0.2, 0.25) is 0 Å². The maximum Gasteiger partial charge on any atom is 0.0556 e. The lowest BCUT2D eigenvalue weighted by molar-refractivity contribution is 0.529. The Morgan fingerprint density at radius 3 is 2.93 bits per heavy atom. The van der Waals surface area contributed by atoms with Gasteiger partial charge in [-0.2, -0.15) is 0 Å². The summed E-state index contributed by atoms with van der Waals surface area (Å²) in [5, 5.41) is 0. The smallest absolute Gasteiger partial charge is 0.0556 e. The summed E-state index contributed by atoms with van der Waals surface area (Å²) in [4.78, 5) is 2.74. The van der Waals surface area contributed by atoms with Gasteiger partial charge in [0.2, 0.25) is 0 Å². The molecule has 1 atom stereocenters. The van der Waals surface area contributed by atoms with Crippen molar-refractivity contribution in [3.63, 3.8) is 0 Å². The van der Waals surface area contributed by atoms with Crippen LogP contribution >= 0.6 is 11.3 Å². The van der Waals surface area contributed by atoms with Gasteiger partial charge in [0.15, 0.2) is 0 Å². The van der Waals surface area contributed by atoms with Crippen LogP contribution < -0.4 is 11.3 Å². The van der Waals surface area contributed by atoms with Crippen LogP contribution in [0.15, 0.2) is 24.8 Å². The summed E-state index contributed by atoms with van der Waals surface area (Å²) in [7, 11) is 0. The molecule has 1 unspecified atom stereocenters. The van der Waals surface area contributed by atoms with Crippen molar-refractivity contribution in [2.24, 2.45) is 5.84 Å². The lowest BCUT2D eigenvalue weighted by atomic mass is 10.1. The first-order chi connectivity index (χ1) is 6.81. The van der Waals surface area contributed by atoms with Crippen LogP contribution in [0.25, 0.3) is 0 Å². The summed E-state index contributed by atoms with van der Waals surface area (Å²) in [5.41, 5.74) is 2.85. The number of hydrogen-bond donors (Lipinski definition) is 2. The zero-order chi connectivity index (χ0) is 10.4. The van der Waals surface area contributed by atoms with E-state index in [0.29, 0.717) is 0 Å². The van der Waals surface area contributed by atoms with Gasteiger partial charge in [-0.15, -0.1) is 17.9 Å². The highest BCUT2D eigenvalue weighted by molar-refractivity contribution is 7.12. The van der Waals surface area contributed by atoms with Crippen molar-refractivity contribution in [1.29, 1.82) is 0 Å². The molecule has 0 spiro atoms. The zero-order valence-corrected chi connectivity index (χ0v) is 9.44. The molecule has 1 heterocycles. The normalized spacial score (nSPS) is 12.7. The van der Waals surface area contributed by atoms with Gasteiger partial charge >= 0.3 is 0 Å². The van der Waals surface area contributed by atoms with Crippen molar-refractivity contribution in [2.45, 2.75) is 32.2 Å². The number of nitrogens with one attached hydrogen (secondary N) is 1. The fraction of sp³-hybridized carbons (Fsp3) is 0.455. The fourth-order valence-electron chi connectivity index (χ4n) is 1.36. The van der Waals surface area contributed by atoms with E-state index in [1.807, 2.05) is 17.4 Å². The average Bonchev–Trinajstić information content (AvgIpc) is 2.68. The van der Waals surface area contributed by atoms with E-state index in [-0.39, 0.29) is 6.04 Å². The molecule has 1 aromatic rings. The molecule has 3 N–H and O–H groups in total. The molecule has 14 heavy (non-hydrogen) atoms. The van der Waals surface area contributed by atoms with Crippen LogP contribution in [-0.2, 0) is 6.42 Å². The molecular weight excluding hydrogens is 192 g/mol. The van der Waals surface area contributed by atoms with Crippen molar-refractivity contribution < 1.29 is 0 Å². The maximum atomic E-state index is 5.52.